The Hall–Kier alpha value is -1.59. The van der Waals surface area contributed by atoms with Crippen LogP contribution in [0.25, 0.3) is 0 Å². The molecule has 0 spiro atoms. The second kappa shape index (κ2) is 10.6. The second-order valence-electron chi connectivity index (χ2n) is 8.17. The van der Waals surface area contributed by atoms with Crippen molar-refractivity contribution in [3.8, 4) is 0 Å². The largest absolute Gasteiger partial charge is 0.369 e. The Morgan fingerprint density at radius 2 is 1.59 bits per heavy atom. The molecule has 0 radical (unpaired) electrons. The third kappa shape index (κ3) is 5.48. The summed E-state index contributed by atoms with van der Waals surface area (Å²) < 4.78 is 13.2. The molecule has 1 N–H and O–H groups in total. The molecule has 1 aliphatic rings. The van der Waals surface area contributed by atoms with Gasteiger partial charge >= 0.3 is 0 Å². The highest BCUT2D eigenvalue weighted by Gasteiger charge is 2.44. The maximum Gasteiger partial charge on any atom is 0.122 e. The first-order valence-corrected chi connectivity index (χ1v) is 11.8. The van der Waals surface area contributed by atoms with Gasteiger partial charge in [0.05, 0.1) is 23.3 Å². The lowest BCUT2D eigenvalue weighted by Gasteiger charge is -2.44. The lowest BCUT2D eigenvalue weighted by Crippen LogP contribution is -2.54. The Labute approximate surface area is 204 Å². The summed E-state index contributed by atoms with van der Waals surface area (Å²) in [5, 5.41) is 5.21. The minimum Gasteiger partial charge on any atom is -0.369 e. The zero-order valence-corrected chi connectivity index (χ0v) is 20.2. The highest BCUT2D eigenvalue weighted by atomic mass is 35.5. The van der Waals surface area contributed by atoms with Crippen molar-refractivity contribution < 1.29 is 9.47 Å². The zero-order chi connectivity index (χ0) is 22.6. The van der Waals surface area contributed by atoms with Gasteiger partial charge in [0.15, 0.2) is 0 Å². The third-order valence-electron chi connectivity index (χ3n) is 5.91. The van der Waals surface area contributed by atoms with Crippen molar-refractivity contribution in [2.45, 2.75) is 38.3 Å². The maximum atomic E-state index is 6.71. The van der Waals surface area contributed by atoms with Crippen molar-refractivity contribution in [1.82, 2.24) is 5.32 Å². The van der Waals surface area contributed by atoms with Gasteiger partial charge in [-0.05, 0) is 60.8 Å². The summed E-state index contributed by atoms with van der Waals surface area (Å²) in [5.74, 6) is 0. The second-order valence-corrected chi connectivity index (χ2v) is 9.42. The first-order chi connectivity index (χ1) is 15.5. The van der Waals surface area contributed by atoms with Crippen LogP contribution >= 0.6 is 34.8 Å². The highest BCUT2D eigenvalue weighted by molar-refractivity contribution is 6.42. The van der Waals surface area contributed by atoms with Gasteiger partial charge < -0.3 is 14.8 Å². The summed E-state index contributed by atoms with van der Waals surface area (Å²) in [5.41, 5.74) is 3.79. The number of piperidine rings is 1. The molecule has 168 valence electrons. The van der Waals surface area contributed by atoms with E-state index in [-0.39, 0.29) is 6.10 Å². The number of halogens is 3. The molecule has 3 aromatic carbocycles. The summed E-state index contributed by atoms with van der Waals surface area (Å²) in [7, 11) is 0. The molecule has 2 unspecified atom stereocenters. The van der Waals surface area contributed by atoms with Crippen LogP contribution in [0.3, 0.4) is 0 Å². The van der Waals surface area contributed by atoms with Crippen LogP contribution in [0.2, 0.25) is 15.1 Å². The molecule has 1 aliphatic heterocycles. The first-order valence-electron chi connectivity index (χ1n) is 10.7. The lowest BCUT2D eigenvalue weighted by molar-refractivity contribution is -0.176. The number of nitrogens with one attached hydrogen (secondary N) is 1. The smallest absolute Gasteiger partial charge is 0.122 e. The molecule has 1 heterocycles. The number of hydrogen-bond donors (Lipinski definition) is 1. The van der Waals surface area contributed by atoms with Crippen molar-refractivity contribution in [2.75, 3.05) is 13.1 Å². The molecule has 32 heavy (non-hydrogen) atoms. The molecule has 0 aromatic heterocycles. The van der Waals surface area contributed by atoms with Crippen molar-refractivity contribution in [3.05, 3.63) is 104 Å². The average molecular weight is 491 g/mol. The van der Waals surface area contributed by atoms with Gasteiger partial charge in [-0.2, -0.15) is 0 Å². The van der Waals surface area contributed by atoms with Crippen molar-refractivity contribution in [3.63, 3.8) is 0 Å². The van der Waals surface area contributed by atoms with E-state index in [2.05, 4.69) is 36.5 Å². The SMILES string of the molecule is Cc1ccc(COC2(c3ccc(Cl)cc3)CCNCC2OCc2ccc(Cl)c(Cl)c2)cc1. The minimum absolute atomic E-state index is 0.197. The van der Waals surface area contributed by atoms with E-state index in [9.17, 15) is 0 Å². The van der Waals surface area contributed by atoms with Crippen LogP contribution in [-0.2, 0) is 28.3 Å². The topological polar surface area (TPSA) is 30.5 Å². The molecule has 6 heteroatoms. The average Bonchev–Trinajstić information content (AvgIpc) is 2.80. The fraction of sp³-hybridized carbons (Fsp3) is 0.308. The van der Waals surface area contributed by atoms with E-state index < -0.39 is 5.60 Å². The number of aryl methyl sites for hydroxylation is 1. The molecular weight excluding hydrogens is 465 g/mol. The first kappa shape index (κ1) is 23.6. The minimum atomic E-state index is -0.600. The standard InChI is InChI=1S/C26H26Cl3NO2/c1-18-2-4-19(5-3-18)17-32-26(21-7-9-22(27)10-8-21)12-13-30-15-25(26)31-16-20-6-11-23(28)24(29)14-20/h2-11,14,25,30H,12-13,15-17H2,1H3. The van der Waals surface area contributed by atoms with Crippen LogP contribution in [0.4, 0.5) is 0 Å². The molecule has 0 saturated carbocycles. The molecule has 0 bridgehead atoms. The van der Waals surface area contributed by atoms with Crippen LogP contribution in [0.5, 0.6) is 0 Å². The molecule has 2 atom stereocenters. The normalized spacial score (nSPS) is 20.9. The monoisotopic (exact) mass is 489 g/mol. The molecule has 4 rings (SSSR count). The molecule has 3 aromatic rings. The van der Waals surface area contributed by atoms with E-state index in [1.807, 2.05) is 36.4 Å². The fourth-order valence-electron chi connectivity index (χ4n) is 4.06. The van der Waals surface area contributed by atoms with Gasteiger partial charge in [0.1, 0.15) is 11.7 Å². The molecular formula is C26H26Cl3NO2. The van der Waals surface area contributed by atoms with E-state index in [0.717, 1.165) is 29.7 Å². The Kier molecular flexibility index (Phi) is 7.78. The fourth-order valence-corrected chi connectivity index (χ4v) is 4.51. The predicted molar refractivity (Wildman–Crippen MR) is 132 cm³/mol. The number of rotatable bonds is 7. The van der Waals surface area contributed by atoms with Crippen LogP contribution in [-0.4, -0.2) is 19.2 Å². The zero-order valence-electron chi connectivity index (χ0n) is 17.9. The highest BCUT2D eigenvalue weighted by Crippen LogP contribution is 2.39. The van der Waals surface area contributed by atoms with Crippen molar-refractivity contribution >= 4 is 34.8 Å². The van der Waals surface area contributed by atoms with E-state index in [0.29, 0.717) is 34.8 Å². The van der Waals surface area contributed by atoms with Crippen molar-refractivity contribution in [2.24, 2.45) is 0 Å². The molecule has 1 saturated heterocycles. The predicted octanol–water partition coefficient (Wildman–Crippen LogP) is 6.95. The van der Waals surface area contributed by atoms with Gasteiger partial charge in [-0.1, -0.05) is 82.8 Å². The number of ether oxygens (including phenoxy) is 2. The van der Waals surface area contributed by atoms with Crippen LogP contribution in [0.1, 0.15) is 28.7 Å². The maximum absolute atomic E-state index is 6.71. The van der Waals surface area contributed by atoms with Crippen LogP contribution < -0.4 is 5.32 Å². The summed E-state index contributed by atoms with van der Waals surface area (Å²) in [6.45, 7) is 4.50. The van der Waals surface area contributed by atoms with E-state index >= 15 is 0 Å². The van der Waals surface area contributed by atoms with Gasteiger partial charge in [-0.15, -0.1) is 0 Å². The van der Waals surface area contributed by atoms with Crippen LogP contribution in [0, 0.1) is 6.92 Å². The quantitative estimate of drug-likeness (QED) is 0.389. The molecule has 1 fully saturated rings. The Bertz CT molecular complexity index is 1040. The van der Waals surface area contributed by atoms with Gasteiger partial charge in [-0.25, -0.2) is 0 Å². The molecule has 0 amide bonds. The Morgan fingerprint density at radius 1 is 0.875 bits per heavy atom. The number of benzene rings is 3. The van der Waals surface area contributed by atoms with Gasteiger partial charge in [0.25, 0.3) is 0 Å². The van der Waals surface area contributed by atoms with E-state index in [1.54, 1.807) is 6.07 Å². The summed E-state index contributed by atoms with van der Waals surface area (Å²) >= 11 is 18.4. The molecule has 0 aliphatic carbocycles. The Balaban J connectivity index is 1.60. The summed E-state index contributed by atoms with van der Waals surface area (Å²) in [4.78, 5) is 0. The van der Waals surface area contributed by atoms with Gasteiger partial charge in [0.2, 0.25) is 0 Å². The van der Waals surface area contributed by atoms with Crippen LogP contribution in [0.15, 0.2) is 66.7 Å². The van der Waals surface area contributed by atoms with Gasteiger partial charge in [-0.3, -0.25) is 0 Å². The van der Waals surface area contributed by atoms with E-state index in [4.69, 9.17) is 44.3 Å². The summed E-state index contributed by atoms with van der Waals surface area (Å²) in [6, 6.07) is 21.9. The van der Waals surface area contributed by atoms with E-state index in [1.165, 1.54) is 5.56 Å². The molecule has 3 nitrogen and oxygen atoms in total. The summed E-state index contributed by atoms with van der Waals surface area (Å²) in [6.07, 6.45) is 0.587. The third-order valence-corrected chi connectivity index (χ3v) is 6.90. The Morgan fingerprint density at radius 3 is 2.31 bits per heavy atom. The lowest BCUT2D eigenvalue weighted by atomic mass is 9.82. The van der Waals surface area contributed by atoms with Gasteiger partial charge in [0, 0.05) is 11.6 Å². The number of hydrogen-bond acceptors (Lipinski definition) is 3. The van der Waals surface area contributed by atoms with Crippen molar-refractivity contribution in [1.29, 1.82) is 0 Å².